The topological polar surface area (TPSA) is 85.6 Å². The van der Waals surface area contributed by atoms with Crippen molar-refractivity contribution < 1.29 is 14.3 Å². The zero-order valence-electron chi connectivity index (χ0n) is 18.5. The van der Waals surface area contributed by atoms with Gasteiger partial charge >= 0.3 is 0 Å². The zero-order chi connectivity index (χ0) is 21.7. The SMILES string of the molecule is CCOc1ccccc1C(=O)N1CCCC(c2nnnn2CCOC)(N2CCCC2)C1. The van der Waals surface area contributed by atoms with Gasteiger partial charge in [0.1, 0.15) is 11.3 Å². The normalized spacial score (nSPS) is 22.1. The summed E-state index contributed by atoms with van der Waals surface area (Å²) in [5.41, 5.74) is 0.225. The Kier molecular flexibility index (Phi) is 6.82. The number of carbonyl (C=O) groups is 1. The van der Waals surface area contributed by atoms with E-state index >= 15 is 0 Å². The Morgan fingerprint density at radius 1 is 1.16 bits per heavy atom. The lowest BCUT2D eigenvalue weighted by molar-refractivity contribution is 0.0120. The van der Waals surface area contributed by atoms with Crippen molar-refractivity contribution in [2.45, 2.75) is 44.7 Å². The number of methoxy groups -OCH3 is 1. The number of hydrogen-bond donors (Lipinski definition) is 0. The van der Waals surface area contributed by atoms with E-state index in [1.54, 1.807) is 7.11 Å². The summed E-state index contributed by atoms with van der Waals surface area (Å²) in [6.07, 6.45) is 4.14. The highest BCUT2D eigenvalue weighted by Crippen LogP contribution is 2.39. The molecule has 1 unspecified atom stereocenters. The predicted molar refractivity (Wildman–Crippen MR) is 115 cm³/mol. The molecule has 1 atom stereocenters. The maximum Gasteiger partial charge on any atom is 0.257 e. The van der Waals surface area contributed by atoms with Crippen LogP contribution in [-0.2, 0) is 16.8 Å². The molecule has 1 aromatic heterocycles. The average Bonchev–Trinajstić information content (AvgIpc) is 3.51. The van der Waals surface area contributed by atoms with Crippen LogP contribution in [0.5, 0.6) is 5.75 Å². The number of benzene rings is 1. The van der Waals surface area contributed by atoms with Gasteiger partial charge in [0.05, 0.1) is 25.3 Å². The Balaban J connectivity index is 1.67. The van der Waals surface area contributed by atoms with Crippen molar-refractivity contribution >= 4 is 5.91 Å². The van der Waals surface area contributed by atoms with Gasteiger partial charge in [-0.15, -0.1) is 5.10 Å². The number of amides is 1. The van der Waals surface area contributed by atoms with Crippen molar-refractivity contribution in [3.8, 4) is 5.75 Å². The van der Waals surface area contributed by atoms with Gasteiger partial charge < -0.3 is 14.4 Å². The lowest BCUT2D eigenvalue weighted by atomic mass is 9.85. The summed E-state index contributed by atoms with van der Waals surface area (Å²) in [5.74, 6) is 1.47. The van der Waals surface area contributed by atoms with Crippen LogP contribution in [0.15, 0.2) is 24.3 Å². The van der Waals surface area contributed by atoms with Gasteiger partial charge in [-0.2, -0.15) is 0 Å². The molecular formula is C22H32N6O3. The van der Waals surface area contributed by atoms with Gasteiger partial charge in [-0.05, 0) is 68.3 Å². The molecule has 31 heavy (non-hydrogen) atoms. The molecule has 2 aliphatic rings. The Hall–Kier alpha value is -2.52. The highest BCUT2D eigenvalue weighted by molar-refractivity contribution is 5.97. The number of nitrogens with zero attached hydrogens (tertiary/aromatic N) is 6. The fraction of sp³-hybridized carbons (Fsp3) is 0.636. The van der Waals surface area contributed by atoms with Gasteiger partial charge in [0.15, 0.2) is 5.82 Å². The van der Waals surface area contributed by atoms with Crippen LogP contribution in [-0.4, -0.2) is 82.4 Å². The van der Waals surface area contributed by atoms with Crippen LogP contribution in [0, 0.1) is 0 Å². The molecule has 2 aliphatic heterocycles. The Bertz CT molecular complexity index is 882. The monoisotopic (exact) mass is 428 g/mol. The smallest absolute Gasteiger partial charge is 0.257 e. The number of carbonyl (C=O) groups excluding carboxylic acids is 1. The maximum atomic E-state index is 13.6. The largest absolute Gasteiger partial charge is 0.493 e. The number of rotatable bonds is 8. The molecule has 9 heteroatoms. The molecule has 0 saturated carbocycles. The number of para-hydroxylation sites is 1. The predicted octanol–water partition coefficient (Wildman–Crippen LogP) is 1.95. The van der Waals surface area contributed by atoms with E-state index in [9.17, 15) is 4.79 Å². The molecule has 2 aromatic rings. The van der Waals surface area contributed by atoms with Crippen LogP contribution in [0.1, 0.15) is 48.8 Å². The molecule has 2 saturated heterocycles. The molecule has 1 amide bonds. The van der Waals surface area contributed by atoms with E-state index in [1.807, 2.05) is 40.8 Å². The molecule has 0 spiro atoms. The molecule has 0 radical (unpaired) electrons. The van der Waals surface area contributed by atoms with Crippen LogP contribution in [0.2, 0.25) is 0 Å². The van der Waals surface area contributed by atoms with Crippen molar-refractivity contribution in [1.82, 2.24) is 30.0 Å². The molecule has 0 bridgehead atoms. The van der Waals surface area contributed by atoms with Gasteiger partial charge in [0.25, 0.3) is 5.91 Å². The first-order valence-corrected chi connectivity index (χ1v) is 11.2. The molecule has 168 valence electrons. The summed E-state index contributed by atoms with van der Waals surface area (Å²) in [7, 11) is 1.68. The molecule has 4 rings (SSSR count). The molecule has 1 aromatic carbocycles. The summed E-state index contributed by atoms with van der Waals surface area (Å²) in [4.78, 5) is 18.0. The van der Waals surface area contributed by atoms with E-state index in [2.05, 4.69) is 20.4 Å². The third-order valence-corrected chi connectivity index (χ3v) is 6.34. The zero-order valence-corrected chi connectivity index (χ0v) is 18.5. The van der Waals surface area contributed by atoms with Gasteiger partial charge in [-0.1, -0.05) is 12.1 Å². The second-order valence-corrected chi connectivity index (χ2v) is 8.20. The molecule has 2 fully saturated rings. The summed E-state index contributed by atoms with van der Waals surface area (Å²) < 4.78 is 12.8. The first kappa shape index (κ1) is 21.7. The minimum Gasteiger partial charge on any atom is -0.493 e. The van der Waals surface area contributed by atoms with Crippen LogP contribution < -0.4 is 4.74 Å². The summed E-state index contributed by atoms with van der Waals surface area (Å²) >= 11 is 0. The second kappa shape index (κ2) is 9.74. The number of hydrogen-bond acceptors (Lipinski definition) is 7. The van der Waals surface area contributed by atoms with Crippen molar-refractivity contribution in [3.05, 3.63) is 35.7 Å². The molecule has 9 nitrogen and oxygen atoms in total. The first-order valence-electron chi connectivity index (χ1n) is 11.2. The van der Waals surface area contributed by atoms with Gasteiger partial charge in [-0.3, -0.25) is 9.69 Å². The van der Waals surface area contributed by atoms with Crippen molar-refractivity contribution in [1.29, 1.82) is 0 Å². The van der Waals surface area contributed by atoms with E-state index in [4.69, 9.17) is 9.47 Å². The fourth-order valence-corrected chi connectivity index (χ4v) is 4.90. The number of tetrazole rings is 1. The van der Waals surface area contributed by atoms with Gasteiger partial charge in [-0.25, -0.2) is 4.68 Å². The molecular weight excluding hydrogens is 396 g/mol. The minimum absolute atomic E-state index is 0.00300. The van der Waals surface area contributed by atoms with E-state index in [1.165, 1.54) is 0 Å². The third-order valence-electron chi connectivity index (χ3n) is 6.34. The third kappa shape index (κ3) is 4.29. The Labute approximate surface area is 183 Å². The number of aromatic nitrogens is 4. The number of piperidine rings is 1. The van der Waals surface area contributed by atoms with Gasteiger partial charge in [0.2, 0.25) is 0 Å². The molecule has 3 heterocycles. The van der Waals surface area contributed by atoms with Crippen molar-refractivity contribution in [2.75, 3.05) is 46.5 Å². The van der Waals surface area contributed by atoms with E-state index in [-0.39, 0.29) is 11.4 Å². The van der Waals surface area contributed by atoms with Gasteiger partial charge in [0, 0.05) is 20.2 Å². The van der Waals surface area contributed by atoms with E-state index in [0.717, 1.165) is 44.6 Å². The summed E-state index contributed by atoms with van der Waals surface area (Å²) in [6.45, 7) is 6.86. The fourth-order valence-electron chi connectivity index (χ4n) is 4.90. The first-order chi connectivity index (χ1) is 15.2. The lowest BCUT2D eigenvalue weighted by Gasteiger charge is -2.47. The number of likely N-dealkylation sites (tertiary alicyclic amines) is 2. The lowest BCUT2D eigenvalue weighted by Crippen LogP contribution is -2.58. The van der Waals surface area contributed by atoms with Crippen LogP contribution in [0.25, 0.3) is 0 Å². The van der Waals surface area contributed by atoms with E-state index < -0.39 is 0 Å². The summed E-state index contributed by atoms with van der Waals surface area (Å²) in [6, 6.07) is 7.50. The highest BCUT2D eigenvalue weighted by atomic mass is 16.5. The van der Waals surface area contributed by atoms with Crippen LogP contribution in [0.4, 0.5) is 0 Å². The van der Waals surface area contributed by atoms with Crippen LogP contribution >= 0.6 is 0 Å². The summed E-state index contributed by atoms with van der Waals surface area (Å²) in [5, 5.41) is 12.7. The standard InChI is InChI=1S/C22H32N6O3/c1-3-31-19-10-5-4-9-18(19)20(29)26-12-8-11-22(17-26,27-13-6-7-14-27)21-23-24-25-28(21)15-16-30-2/h4-5,9-10H,3,6-8,11-17H2,1-2H3. The van der Waals surface area contributed by atoms with E-state index in [0.29, 0.717) is 44.2 Å². The molecule has 0 N–H and O–H groups in total. The highest BCUT2D eigenvalue weighted by Gasteiger charge is 2.48. The Morgan fingerprint density at radius 2 is 1.97 bits per heavy atom. The van der Waals surface area contributed by atoms with Crippen molar-refractivity contribution in [2.24, 2.45) is 0 Å². The quantitative estimate of drug-likeness (QED) is 0.635. The maximum absolute atomic E-state index is 13.6. The van der Waals surface area contributed by atoms with Crippen molar-refractivity contribution in [3.63, 3.8) is 0 Å². The van der Waals surface area contributed by atoms with Crippen LogP contribution in [0.3, 0.4) is 0 Å². The number of ether oxygens (including phenoxy) is 2. The minimum atomic E-state index is -0.387. The average molecular weight is 429 g/mol. The second-order valence-electron chi connectivity index (χ2n) is 8.20. The molecule has 0 aliphatic carbocycles. The Morgan fingerprint density at radius 3 is 2.74 bits per heavy atom.